The molecule has 2 rings (SSSR count). The Kier molecular flexibility index (Phi) is 5.37. The zero-order valence-corrected chi connectivity index (χ0v) is 11.2. The van der Waals surface area contributed by atoms with Gasteiger partial charge >= 0.3 is 0 Å². The molecule has 0 bridgehead atoms. The van der Waals surface area contributed by atoms with Gasteiger partial charge in [-0.25, -0.2) is 4.98 Å². The van der Waals surface area contributed by atoms with Gasteiger partial charge in [-0.15, -0.1) is 0 Å². The molecule has 5 nitrogen and oxygen atoms in total. The quantitative estimate of drug-likeness (QED) is 0.740. The summed E-state index contributed by atoms with van der Waals surface area (Å²) in [7, 11) is 0. The number of anilines is 1. The number of aryl methyl sites for hydroxylation is 1. The molecular weight excluding hydrogens is 240 g/mol. The highest BCUT2D eigenvalue weighted by Crippen LogP contribution is 2.07. The van der Waals surface area contributed by atoms with E-state index in [2.05, 4.69) is 19.9 Å². The lowest BCUT2D eigenvalue weighted by Gasteiger charge is -2.09. The van der Waals surface area contributed by atoms with Crippen molar-refractivity contribution in [3.63, 3.8) is 0 Å². The zero-order chi connectivity index (χ0) is 13.3. The molecule has 19 heavy (non-hydrogen) atoms. The number of hydrogen-bond acceptors (Lipinski definition) is 4. The lowest BCUT2D eigenvalue weighted by atomic mass is 10.3. The first kappa shape index (κ1) is 13.5. The van der Waals surface area contributed by atoms with Gasteiger partial charge in [0.15, 0.2) is 0 Å². The van der Waals surface area contributed by atoms with Crippen molar-refractivity contribution >= 4 is 5.95 Å². The van der Waals surface area contributed by atoms with Crippen molar-refractivity contribution in [3.8, 4) is 0 Å². The van der Waals surface area contributed by atoms with E-state index in [0.29, 0.717) is 0 Å². The van der Waals surface area contributed by atoms with Crippen molar-refractivity contribution in [2.24, 2.45) is 0 Å². The summed E-state index contributed by atoms with van der Waals surface area (Å²) in [6, 6.07) is 3.99. The normalized spacial score (nSPS) is 10.6. The molecule has 0 aliphatic rings. The lowest BCUT2D eigenvalue weighted by Crippen LogP contribution is -2.09. The average Bonchev–Trinajstić information content (AvgIpc) is 2.90. The third-order valence-corrected chi connectivity index (χ3v) is 2.81. The Bertz CT molecular complexity index is 469. The van der Waals surface area contributed by atoms with Gasteiger partial charge in [-0.05, 0) is 31.0 Å². The van der Waals surface area contributed by atoms with Crippen LogP contribution in [-0.2, 0) is 17.8 Å². The molecule has 0 saturated heterocycles. The summed E-state index contributed by atoms with van der Waals surface area (Å²) in [5, 5.41) is 3.33. The van der Waals surface area contributed by atoms with E-state index in [0.717, 1.165) is 38.7 Å². The van der Waals surface area contributed by atoms with Crippen molar-refractivity contribution < 1.29 is 4.74 Å². The first-order valence-corrected chi connectivity index (χ1v) is 6.62. The minimum Gasteiger partial charge on any atom is -0.382 e. The van der Waals surface area contributed by atoms with Crippen molar-refractivity contribution in [2.75, 3.05) is 18.5 Å². The Labute approximate surface area is 113 Å². The summed E-state index contributed by atoms with van der Waals surface area (Å²) < 4.78 is 7.45. The fraction of sp³-hybridized carbons (Fsp3) is 0.429. The number of pyridine rings is 1. The molecule has 102 valence electrons. The SMILES string of the molecule is CCOCCCn1ccnc1NCc1ccncc1. The largest absolute Gasteiger partial charge is 0.382 e. The maximum atomic E-state index is 5.34. The summed E-state index contributed by atoms with van der Waals surface area (Å²) >= 11 is 0. The van der Waals surface area contributed by atoms with Crippen molar-refractivity contribution in [1.29, 1.82) is 0 Å². The first-order chi connectivity index (χ1) is 9.40. The monoisotopic (exact) mass is 260 g/mol. The second-order valence-electron chi connectivity index (χ2n) is 4.20. The first-order valence-electron chi connectivity index (χ1n) is 6.62. The Balaban J connectivity index is 1.82. The minimum absolute atomic E-state index is 0.755. The van der Waals surface area contributed by atoms with Gasteiger partial charge in [-0.2, -0.15) is 0 Å². The molecule has 0 saturated carbocycles. The summed E-state index contributed by atoms with van der Waals surface area (Å²) in [6.07, 6.45) is 8.39. The van der Waals surface area contributed by atoms with E-state index in [1.165, 1.54) is 5.56 Å². The Morgan fingerprint density at radius 3 is 2.89 bits per heavy atom. The van der Waals surface area contributed by atoms with Gasteiger partial charge in [-0.1, -0.05) is 0 Å². The smallest absolute Gasteiger partial charge is 0.203 e. The summed E-state index contributed by atoms with van der Waals surface area (Å²) in [5.74, 6) is 0.897. The molecular formula is C14H20N4O. The summed E-state index contributed by atoms with van der Waals surface area (Å²) in [5.41, 5.74) is 1.19. The minimum atomic E-state index is 0.755. The van der Waals surface area contributed by atoms with Crippen LogP contribution in [0.4, 0.5) is 5.95 Å². The van der Waals surface area contributed by atoms with E-state index in [9.17, 15) is 0 Å². The van der Waals surface area contributed by atoms with Crippen LogP contribution in [0.3, 0.4) is 0 Å². The Morgan fingerprint density at radius 2 is 2.11 bits per heavy atom. The second kappa shape index (κ2) is 7.53. The average molecular weight is 260 g/mol. The van der Waals surface area contributed by atoms with Gasteiger partial charge < -0.3 is 14.6 Å². The standard InChI is InChI=1S/C14H20N4O/c1-2-19-11-3-9-18-10-8-16-14(18)17-12-13-4-6-15-7-5-13/h4-8,10H,2-3,9,11-12H2,1H3,(H,16,17). The topological polar surface area (TPSA) is 52.0 Å². The van der Waals surface area contributed by atoms with Crippen LogP contribution in [0.2, 0.25) is 0 Å². The van der Waals surface area contributed by atoms with Crippen LogP contribution in [0, 0.1) is 0 Å². The van der Waals surface area contributed by atoms with E-state index < -0.39 is 0 Å². The predicted molar refractivity (Wildman–Crippen MR) is 74.9 cm³/mol. The molecule has 0 amide bonds. The van der Waals surface area contributed by atoms with E-state index in [4.69, 9.17) is 4.74 Å². The molecule has 0 aromatic carbocycles. The van der Waals surface area contributed by atoms with Gasteiger partial charge in [0.25, 0.3) is 0 Å². The maximum Gasteiger partial charge on any atom is 0.203 e. The molecule has 0 aliphatic carbocycles. The van der Waals surface area contributed by atoms with E-state index in [1.54, 1.807) is 12.4 Å². The zero-order valence-electron chi connectivity index (χ0n) is 11.2. The fourth-order valence-electron chi connectivity index (χ4n) is 1.82. The van der Waals surface area contributed by atoms with Crippen LogP contribution in [0.1, 0.15) is 18.9 Å². The number of aromatic nitrogens is 3. The molecule has 5 heteroatoms. The van der Waals surface area contributed by atoms with Crippen LogP contribution in [0.5, 0.6) is 0 Å². The van der Waals surface area contributed by atoms with Crippen LogP contribution >= 0.6 is 0 Å². The third-order valence-electron chi connectivity index (χ3n) is 2.81. The fourth-order valence-corrected chi connectivity index (χ4v) is 1.82. The molecule has 0 unspecified atom stereocenters. The van der Waals surface area contributed by atoms with Gasteiger partial charge in [0.2, 0.25) is 5.95 Å². The highest BCUT2D eigenvalue weighted by molar-refractivity contribution is 5.28. The van der Waals surface area contributed by atoms with Crippen molar-refractivity contribution in [2.45, 2.75) is 26.4 Å². The molecule has 0 radical (unpaired) electrons. The van der Waals surface area contributed by atoms with Crippen LogP contribution in [0.15, 0.2) is 36.9 Å². The van der Waals surface area contributed by atoms with Gasteiger partial charge in [0.05, 0.1) is 0 Å². The molecule has 0 spiro atoms. The highest BCUT2D eigenvalue weighted by Gasteiger charge is 2.02. The second-order valence-corrected chi connectivity index (χ2v) is 4.20. The Hall–Kier alpha value is -1.88. The van der Waals surface area contributed by atoms with Crippen LogP contribution in [-0.4, -0.2) is 27.7 Å². The molecule has 2 aromatic rings. The van der Waals surface area contributed by atoms with Gasteiger partial charge in [-0.3, -0.25) is 4.98 Å². The van der Waals surface area contributed by atoms with E-state index in [1.807, 2.05) is 31.5 Å². The highest BCUT2D eigenvalue weighted by atomic mass is 16.5. The van der Waals surface area contributed by atoms with Gasteiger partial charge in [0.1, 0.15) is 0 Å². The Morgan fingerprint density at radius 1 is 1.26 bits per heavy atom. The number of ether oxygens (including phenoxy) is 1. The number of imidazole rings is 1. The van der Waals surface area contributed by atoms with E-state index in [-0.39, 0.29) is 0 Å². The predicted octanol–water partition coefficient (Wildman–Crippen LogP) is 2.32. The maximum absolute atomic E-state index is 5.34. The molecule has 2 heterocycles. The van der Waals surface area contributed by atoms with Crippen LogP contribution in [0.25, 0.3) is 0 Å². The van der Waals surface area contributed by atoms with Gasteiger partial charge in [0, 0.05) is 51.1 Å². The molecule has 0 fully saturated rings. The lowest BCUT2D eigenvalue weighted by molar-refractivity contribution is 0.142. The number of hydrogen-bond donors (Lipinski definition) is 1. The number of nitrogens with one attached hydrogen (secondary N) is 1. The summed E-state index contributed by atoms with van der Waals surface area (Å²) in [6.45, 7) is 5.25. The van der Waals surface area contributed by atoms with Crippen molar-refractivity contribution in [3.05, 3.63) is 42.5 Å². The molecule has 0 aliphatic heterocycles. The van der Waals surface area contributed by atoms with E-state index >= 15 is 0 Å². The molecule has 1 N–H and O–H groups in total. The number of rotatable bonds is 8. The third kappa shape index (κ3) is 4.37. The number of nitrogens with zero attached hydrogens (tertiary/aromatic N) is 3. The molecule has 0 atom stereocenters. The summed E-state index contributed by atoms with van der Waals surface area (Å²) in [4.78, 5) is 8.33. The van der Waals surface area contributed by atoms with Crippen molar-refractivity contribution in [1.82, 2.24) is 14.5 Å². The van der Waals surface area contributed by atoms with Crippen LogP contribution < -0.4 is 5.32 Å². The molecule has 2 aromatic heterocycles.